The topological polar surface area (TPSA) is 326 Å². The van der Waals surface area contributed by atoms with Crippen LogP contribution in [0.2, 0.25) is 0 Å². The molecule has 0 bridgehead atoms. The number of ether oxygens (including phenoxy) is 1. The number of phenols is 1. The van der Waals surface area contributed by atoms with Crippen LogP contribution in [0.5, 0.6) is 5.75 Å². The fourth-order valence-corrected chi connectivity index (χ4v) is 7.65. The van der Waals surface area contributed by atoms with E-state index < -0.39 is 78.1 Å². The van der Waals surface area contributed by atoms with E-state index in [4.69, 9.17) is 4.74 Å². The first-order chi connectivity index (χ1) is 27.0. The molecule has 7 N–H and O–H groups in total. The minimum atomic E-state index is -5.22. The van der Waals surface area contributed by atoms with Crippen molar-refractivity contribution in [3.05, 3.63) is 84.3 Å². The molecule has 21 nitrogen and oxygen atoms in total. The van der Waals surface area contributed by atoms with E-state index in [1.165, 1.54) is 18.2 Å². The number of fused-ring (bicyclic) bond motifs is 1. The van der Waals surface area contributed by atoms with Crippen molar-refractivity contribution in [1.82, 2.24) is 15.0 Å². The van der Waals surface area contributed by atoms with E-state index in [0.717, 1.165) is 18.4 Å². The lowest BCUT2D eigenvalue weighted by atomic mass is 10.1. The summed E-state index contributed by atoms with van der Waals surface area (Å²) < 4.78 is 144. The van der Waals surface area contributed by atoms with Crippen molar-refractivity contribution >= 4 is 91.3 Å². The van der Waals surface area contributed by atoms with Gasteiger partial charge in [0.15, 0.2) is 15.6 Å². The second kappa shape index (κ2) is 17.0. The number of anilines is 5. The molecule has 0 fully saturated rings. The van der Waals surface area contributed by atoms with Crippen molar-refractivity contribution in [2.24, 2.45) is 10.2 Å². The second-order valence-electron chi connectivity index (χ2n) is 11.9. The zero-order chi connectivity index (χ0) is 42.6. The third-order valence-corrected chi connectivity index (χ3v) is 11.7. The van der Waals surface area contributed by atoms with Gasteiger partial charge in [0, 0.05) is 34.4 Å². The quantitative estimate of drug-likeness (QED) is 0.0374. The van der Waals surface area contributed by atoms with E-state index in [0.29, 0.717) is 30.1 Å². The number of rotatable bonds is 17. The normalized spacial score (nSPS) is 12.5. The molecule has 26 heteroatoms. The van der Waals surface area contributed by atoms with Crippen LogP contribution >= 0.6 is 0 Å². The highest BCUT2D eigenvalue weighted by Crippen LogP contribution is 2.43. The molecule has 0 aliphatic carbocycles. The number of benzene rings is 4. The summed E-state index contributed by atoms with van der Waals surface area (Å²) in [6, 6.07) is 12.5. The molecular weight excluding hydrogens is 852 g/mol. The van der Waals surface area contributed by atoms with Crippen molar-refractivity contribution in [2.75, 3.05) is 41.5 Å². The minimum absolute atomic E-state index is 0.0156. The molecule has 0 atom stereocenters. The Morgan fingerprint density at radius 2 is 1.33 bits per heavy atom. The Morgan fingerprint density at radius 3 is 1.93 bits per heavy atom. The van der Waals surface area contributed by atoms with Crippen LogP contribution in [-0.2, 0) is 44.9 Å². The molecule has 58 heavy (non-hydrogen) atoms. The average Bonchev–Trinajstić information content (AvgIpc) is 3.12. The molecule has 0 aliphatic heterocycles. The summed E-state index contributed by atoms with van der Waals surface area (Å²) in [5, 5.41) is 27.5. The van der Waals surface area contributed by atoms with E-state index in [2.05, 4.69) is 47.7 Å². The van der Waals surface area contributed by atoms with Crippen molar-refractivity contribution in [3.63, 3.8) is 0 Å². The highest BCUT2D eigenvalue weighted by molar-refractivity contribution is 7.94. The molecule has 0 radical (unpaired) electrons. The number of aryl methyl sites for hydroxylation is 1. The van der Waals surface area contributed by atoms with Crippen LogP contribution in [0.15, 0.2) is 97.6 Å². The Balaban J connectivity index is 1.36. The Kier molecular flexibility index (Phi) is 12.7. The lowest BCUT2D eigenvalue weighted by molar-refractivity contribution is 0.159. The van der Waals surface area contributed by atoms with Crippen LogP contribution in [0.1, 0.15) is 5.56 Å². The molecule has 0 saturated heterocycles. The fraction of sp³-hybridized carbons (Fsp3) is 0.156. The molecule has 1 aromatic heterocycles. The van der Waals surface area contributed by atoms with Crippen molar-refractivity contribution < 1.29 is 61.6 Å². The number of halogens is 1. The third-order valence-electron chi connectivity index (χ3n) is 7.75. The van der Waals surface area contributed by atoms with E-state index in [-0.39, 0.29) is 52.9 Å². The van der Waals surface area contributed by atoms with Crippen molar-refractivity contribution in [2.45, 2.75) is 21.6 Å². The minimum Gasteiger partial charge on any atom is -0.505 e. The molecule has 1 heterocycles. The molecule has 5 rings (SSSR count). The van der Waals surface area contributed by atoms with Gasteiger partial charge in [-0.3, -0.25) is 13.7 Å². The molecular formula is C32H31FN8O13S4. The van der Waals surface area contributed by atoms with Gasteiger partial charge in [-0.1, -0.05) is 6.58 Å². The van der Waals surface area contributed by atoms with Gasteiger partial charge in [0.2, 0.25) is 11.9 Å². The van der Waals surface area contributed by atoms with Crippen LogP contribution in [0.25, 0.3) is 10.8 Å². The lowest BCUT2D eigenvalue weighted by Gasteiger charge is -2.12. The molecule has 5 aromatic rings. The summed E-state index contributed by atoms with van der Waals surface area (Å²) in [5.74, 6) is -1.60. The Labute approximate surface area is 329 Å². The highest BCUT2D eigenvalue weighted by atomic mass is 32.2. The standard InChI is InChI=1S/C32H31FN8O13S4/c1-3-55(43,44)13-12-54-11-10-34-20-4-6-21(7-5-20)35-31-37-30(33)38-32(39-31)36-22-8-9-23-19(15-22)16-27(58(51,52)53)28(29(23)42)41-40-24-17-25(56(45,46)47)18(2)14-26(24)57(48,49)50/h3-9,14-17,34,42H,1,10-13H2,2H3,(H,45,46,47)(H,48,49,50)(H,51,52,53)(H2,35,36,37,38,39). The van der Waals surface area contributed by atoms with Gasteiger partial charge in [-0.2, -0.15) is 44.6 Å². The van der Waals surface area contributed by atoms with Gasteiger partial charge in [-0.15, -0.1) is 10.2 Å². The number of nitrogens with zero attached hydrogens (tertiary/aromatic N) is 5. The summed E-state index contributed by atoms with van der Waals surface area (Å²) in [6.45, 7) is 4.97. The largest absolute Gasteiger partial charge is 0.505 e. The number of nitrogens with one attached hydrogen (secondary N) is 3. The summed E-state index contributed by atoms with van der Waals surface area (Å²) in [5.41, 5.74) is -0.848. The first kappa shape index (κ1) is 43.4. The highest BCUT2D eigenvalue weighted by Gasteiger charge is 2.25. The molecule has 0 unspecified atom stereocenters. The van der Waals surface area contributed by atoms with E-state index in [1.54, 1.807) is 24.3 Å². The first-order valence-corrected chi connectivity index (χ1v) is 22.1. The Morgan fingerprint density at radius 1 is 0.741 bits per heavy atom. The predicted molar refractivity (Wildman–Crippen MR) is 206 cm³/mol. The van der Waals surface area contributed by atoms with E-state index in [9.17, 15) is 56.8 Å². The molecule has 0 amide bonds. The number of aromatic hydroxyl groups is 1. The number of aromatic nitrogens is 3. The smallest absolute Gasteiger partial charge is 0.315 e. The number of hydrogen-bond acceptors (Lipinski definition) is 18. The lowest BCUT2D eigenvalue weighted by Crippen LogP contribution is -2.14. The Bertz CT molecular complexity index is 2900. The third kappa shape index (κ3) is 11.0. The molecule has 4 aromatic carbocycles. The van der Waals surface area contributed by atoms with E-state index in [1.807, 2.05) is 0 Å². The maximum atomic E-state index is 14.5. The number of hydrogen-bond donors (Lipinski definition) is 7. The van der Waals surface area contributed by atoms with Gasteiger partial charge < -0.3 is 25.8 Å². The zero-order valence-corrected chi connectivity index (χ0v) is 32.9. The summed E-state index contributed by atoms with van der Waals surface area (Å²) in [4.78, 5) is 8.51. The van der Waals surface area contributed by atoms with Crippen LogP contribution in [0.3, 0.4) is 0 Å². The fourth-order valence-electron chi connectivity index (χ4n) is 5.06. The maximum absolute atomic E-state index is 14.5. The van der Waals surface area contributed by atoms with Gasteiger partial charge in [-0.25, -0.2) is 8.42 Å². The summed E-state index contributed by atoms with van der Waals surface area (Å²) in [6.07, 6.45) is -1.18. The van der Waals surface area contributed by atoms with Gasteiger partial charge in [-0.05, 0) is 78.5 Å². The number of phenolic OH excluding ortho intramolecular Hbond substituents is 1. The first-order valence-electron chi connectivity index (χ1n) is 16.0. The SMILES string of the molecule is C=CS(=O)(=O)CCOCCNc1ccc(Nc2nc(F)nc(Nc3ccc4c(O)c(N=Nc5cc(S(=O)(=O)O)c(C)cc5S(=O)(=O)O)c(S(=O)(=O)O)cc4c3)n2)cc1. The van der Waals surface area contributed by atoms with Gasteiger partial charge >= 0.3 is 6.08 Å². The van der Waals surface area contributed by atoms with Gasteiger partial charge in [0.05, 0.1) is 23.9 Å². The molecule has 0 saturated carbocycles. The van der Waals surface area contributed by atoms with Crippen molar-refractivity contribution in [3.8, 4) is 5.75 Å². The Hall–Kier alpha value is -5.74. The van der Waals surface area contributed by atoms with Crippen molar-refractivity contribution in [1.29, 1.82) is 0 Å². The zero-order valence-electron chi connectivity index (χ0n) is 29.6. The summed E-state index contributed by atoms with van der Waals surface area (Å²) in [7, 11) is -18.6. The summed E-state index contributed by atoms with van der Waals surface area (Å²) >= 11 is 0. The van der Waals surface area contributed by atoms with Crippen LogP contribution in [0, 0.1) is 13.0 Å². The molecule has 0 spiro atoms. The molecule has 0 aliphatic rings. The van der Waals surface area contributed by atoms with Crippen LogP contribution < -0.4 is 16.0 Å². The predicted octanol–water partition coefficient (Wildman–Crippen LogP) is 4.81. The average molecular weight is 883 g/mol. The monoisotopic (exact) mass is 882 g/mol. The number of sulfone groups is 1. The maximum Gasteiger partial charge on any atom is 0.315 e. The number of azo groups is 1. The van der Waals surface area contributed by atoms with Crippen LogP contribution in [0.4, 0.5) is 44.7 Å². The van der Waals surface area contributed by atoms with Gasteiger partial charge in [0.25, 0.3) is 30.4 Å². The van der Waals surface area contributed by atoms with E-state index >= 15 is 0 Å². The second-order valence-corrected chi connectivity index (χ2v) is 18.1. The molecule has 308 valence electrons. The van der Waals surface area contributed by atoms with Gasteiger partial charge in [0.1, 0.15) is 21.2 Å². The van der Waals surface area contributed by atoms with Crippen LogP contribution in [-0.4, -0.2) is 92.9 Å².